The summed E-state index contributed by atoms with van der Waals surface area (Å²) in [5.74, 6) is -0.0811. The van der Waals surface area contributed by atoms with Crippen LogP contribution in [0.3, 0.4) is 0 Å². The number of nitrogens with one attached hydrogen (secondary N) is 1. The number of likely N-dealkylation sites (tertiary alicyclic amines) is 1. The number of imidazole rings is 1. The van der Waals surface area contributed by atoms with E-state index in [1.54, 1.807) is 16.2 Å². The van der Waals surface area contributed by atoms with Crippen LogP contribution in [0.2, 0.25) is 0 Å². The van der Waals surface area contributed by atoms with Crippen LogP contribution >= 0.6 is 0 Å². The van der Waals surface area contributed by atoms with Crippen LogP contribution < -0.4 is 11.0 Å². The number of piperidine rings is 1. The molecule has 130 valence electrons. The Balaban J connectivity index is 1.64. The Morgan fingerprint density at radius 2 is 1.88 bits per heavy atom. The lowest BCUT2D eigenvalue weighted by Crippen LogP contribution is -2.46. The molecule has 0 atom stereocenters. The Labute approximate surface area is 142 Å². The van der Waals surface area contributed by atoms with Crippen molar-refractivity contribution in [2.45, 2.75) is 38.8 Å². The van der Waals surface area contributed by atoms with Gasteiger partial charge in [0, 0.05) is 26.2 Å². The molecule has 1 aliphatic heterocycles. The van der Waals surface area contributed by atoms with E-state index < -0.39 is 0 Å². The van der Waals surface area contributed by atoms with Gasteiger partial charge in [-0.05, 0) is 37.9 Å². The summed E-state index contributed by atoms with van der Waals surface area (Å²) in [5.41, 5.74) is 1.50. The van der Waals surface area contributed by atoms with Crippen LogP contribution in [0.25, 0.3) is 11.0 Å². The number of nitrogens with zero attached hydrogens (tertiary/aromatic N) is 3. The summed E-state index contributed by atoms with van der Waals surface area (Å²) in [5, 5.41) is 3.10. The minimum Gasteiger partial charge on any atom is -0.352 e. The van der Waals surface area contributed by atoms with Crippen molar-refractivity contribution in [3.05, 3.63) is 34.7 Å². The first-order valence-corrected chi connectivity index (χ1v) is 8.76. The first-order valence-electron chi connectivity index (χ1n) is 8.76. The lowest BCUT2D eigenvalue weighted by molar-refractivity contribution is -0.122. The van der Waals surface area contributed by atoms with E-state index in [9.17, 15) is 9.59 Å². The maximum Gasteiger partial charge on any atom is 0.329 e. The molecular formula is C18H26N4O2. The highest BCUT2D eigenvalue weighted by molar-refractivity contribution is 5.81. The third-order valence-corrected chi connectivity index (χ3v) is 4.85. The molecule has 0 bridgehead atoms. The van der Waals surface area contributed by atoms with Crippen molar-refractivity contribution in [1.29, 1.82) is 0 Å². The van der Waals surface area contributed by atoms with Crippen LogP contribution in [0.15, 0.2) is 29.1 Å². The van der Waals surface area contributed by atoms with Crippen molar-refractivity contribution in [1.82, 2.24) is 19.4 Å². The number of amides is 1. The zero-order valence-electron chi connectivity index (χ0n) is 14.5. The summed E-state index contributed by atoms with van der Waals surface area (Å²) >= 11 is 0. The van der Waals surface area contributed by atoms with Gasteiger partial charge in [0.2, 0.25) is 5.91 Å². The molecule has 1 aromatic carbocycles. The third kappa shape index (κ3) is 3.38. The van der Waals surface area contributed by atoms with Crippen molar-refractivity contribution in [3.63, 3.8) is 0 Å². The predicted octanol–water partition coefficient (Wildman–Crippen LogP) is 1.33. The van der Waals surface area contributed by atoms with E-state index in [0.29, 0.717) is 0 Å². The van der Waals surface area contributed by atoms with Gasteiger partial charge in [-0.1, -0.05) is 19.1 Å². The largest absolute Gasteiger partial charge is 0.352 e. The van der Waals surface area contributed by atoms with Gasteiger partial charge < -0.3 is 10.2 Å². The van der Waals surface area contributed by atoms with Gasteiger partial charge in [0.05, 0.1) is 11.0 Å². The number of carbonyl (C=O) groups is 1. The normalized spacial score (nSPS) is 16.6. The van der Waals surface area contributed by atoms with Gasteiger partial charge in [0.1, 0.15) is 6.54 Å². The van der Waals surface area contributed by atoms with Crippen LogP contribution in [-0.2, 0) is 18.4 Å². The van der Waals surface area contributed by atoms with Crippen molar-refractivity contribution < 1.29 is 4.79 Å². The molecule has 1 amide bonds. The topological polar surface area (TPSA) is 59.3 Å². The molecule has 0 spiro atoms. The fourth-order valence-electron chi connectivity index (χ4n) is 3.55. The monoisotopic (exact) mass is 330 g/mol. The minimum absolute atomic E-state index is 0.0787. The molecule has 1 aromatic heterocycles. The van der Waals surface area contributed by atoms with E-state index in [0.717, 1.165) is 43.5 Å². The average Bonchev–Trinajstić information content (AvgIpc) is 2.82. The van der Waals surface area contributed by atoms with Crippen molar-refractivity contribution in [2.24, 2.45) is 7.05 Å². The Morgan fingerprint density at radius 3 is 2.54 bits per heavy atom. The number of rotatable bonds is 5. The number of para-hydroxylation sites is 2. The molecule has 0 saturated carbocycles. The van der Waals surface area contributed by atoms with E-state index in [1.165, 1.54) is 6.42 Å². The molecule has 3 rings (SSSR count). The molecule has 0 radical (unpaired) electrons. The molecule has 1 fully saturated rings. The highest BCUT2D eigenvalue weighted by Crippen LogP contribution is 2.13. The molecule has 1 aliphatic rings. The molecule has 2 aromatic rings. The first-order chi connectivity index (χ1) is 11.6. The lowest BCUT2D eigenvalue weighted by Gasteiger charge is -2.32. The van der Waals surface area contributed by atoms with Crippen LogP contribution in [0, 0.1) is 0 Å². The van der Waals surface area contributed by atoms with Gasteiger partial charge in [0.15, 0.2) is 0 Å². The maximum absolute atomic E-state index is 12.4. The molecule has 6 heteroatoms. The Bertz CT molecular complexity index is 769. The Kier molecular flexibility index (Phi) is 5.04. The SMILES string of the molecule is CCCN1CCC(NC(=O)Cn2c(=O)n(C)c3ccccc32)CC1. The number of carbonyl (C=O) groups excluding carboxylic acids is 1. The van der Waals surface area contributed by atoms with E-state index in [2.05, 4.69) is 17.1 Å². The van der Waals surface area contributed by atoms with Crippen molar-refractivity contribution in [3.8, 4) is 0 Å². The number of hydrogen-bond acceptors (Lipinski definition) is 3. The van der Waals surface area contributed by atoms with E-state index in [4.69, 9.17) is 0 Å². The molecule has 1 N–H and O–H groups in total. The highest BCUT2D eigenvalue weighted by Gasteiger charge is 2.21. The summed E-state index contributed by atoms with van der Waals surface area (Å²) in [6.45, 7) is 5.47. The number of fused-ring (bicyclic) bond motifs is 1. The zero-order chi connectivity index (χ0) is 17.1. The summed E-state index contributed by atoms with van der Waals surface area (Å²) in [6, 6.07) is 7.79. The molecular weight excluding hydrogens is 304 g/mol. The predicted molar refractivity (Wildman–Crippen MR) is 95.1 cm³/mol. The number of aromatic nitrogens is 2. The number of hydrogen-bond donors (Lipinski definition) is 1. The molecule has 1 saturated heterocycles. The number of aryl methyl sites for hydroxylation is 1. The fourth-order valence-corrected chi connectivity index (χ4v) is 3.55. The van der Waals surface area contributed by atoms with E-state index in [1.807, 2.05) is 24.3 Å². The zero-order valence-corrected chi connectivity index (χ0v) is 14.5. The quantitative estimate of drug-likeness (QED) is 0.900. The summed E-state index contributed by atoms with van der Waals surface area (Å²) in [6.07, 6.45) is 3.13. The smallest absolute Gasteiger partial charge is 0.329 e. The summed E-state index contributed by atoms with van der Waals surface area (Å²) in [4.78, 5) is 27.2. The second kappa shape index (κ2) is 7.21. The van der Waals surface area contributed by atoms with E-state index in [-0.39, 0.29) is 24.2 Å². The highest BCUT2D eigenvalue weighted by atomic mass is 16.2. The van der Waals surface area contributed by atoms with Crippen LogP contribution in [0.4, 0.5) is 0 Å². The van der Waals surface area contributed by atoms with Crippen molar-refractivity contribution in [2.75, 3.05) is 19.6 Å². The number of benzene rings is 1. The summed E-state index contributed by atoms with van der Waals surface area (Å²) in [7, 11) is 1.74. The first kappa shape index (κ1) is 16.8. The molecule has 6 nitrogen and oxygen atoms in total. The maximum atomic E-state index is 12.4. The van der Waals surface area contributed by atoms with Gasteiger partial charge in [-0.2, -0.15) is 0 Å². The Hall–Kier alpha value is -2.08. The second-order valence-electron chi connectivity index (χ2n) is 6.60. The average molecular weight is 330 g/mol. The summed E-state index contributed by atoms with van der Waals surface area (Å²) < 4.78 is 3.14. The van der Waals surface area contributed by atoms with Crippen LogP contribution in [0.1, 0.15) is 26.2 Å². The third-order valence-electron chi connectivity index (χ3n) is 4.85. The van der Waals surface area contributed by atoms with Crippen LogP contribution in [0.5, 0.6) is 0 Å². The van der Waals surface area contributed by atoms with Gasteiger partial charge in [0.25, 0.3) is 0 Å². The fraction of sp³-hybridized carbons (Fsp3) is 0.556. The van der Waals surface area contributed by atoms with Gasteiger partial charge in [-0.15, -0.1) is 0 Å². The molecule has 0 aliphatic carbocycles. The lowest BCUT2D eigenvalue weighted by atomic mass is 10.0. The molecule has 2 heterocycles. The molecule has 0 unspecified atom stereocenters. The molecule has 24 heavy (non-hydrogen) atoms. The van der Waals surface area contributed by atoms with Crippen LogP contribution in [-0.4, -0.2) is 45.6 Å². The van der Waals surface area contributed by atoms with Gasteiger partial charge >= 0.3 is 5.69 Å². The standard InChI is InChI=1S/C18H26N4O2/c1-3-10-21-11-8-14(9-12-21)19-17(23)13-22-16-7-5-4-6-15(16)20(2)18(22)24/h4-7,14H,3,8-13H2,1-2H3,(H,19,23). The van der Waals surface area contributed by atoms with Crippen molar-refractivity contribution >= 4 is 16.9 Å². The second-order valence-corrected chi connectivity index (χ2v) is 6.60. The van der Waals surface area contributed by atoms with Gasteiger partial charge in [-0.25, -0.2) is 4.79 Å². The Morgan fingerprint density at radius 1 is 1.21 bits per heavy atom. The minimum atomic E-state index is -0.149. The van der Waals surface area contributed by atoms with E-state index >= 15 is 0 Å². The van der Waals surface area contributed by atoms with Gasteiger partial charge in [-0.3, -0.25) is 13.9 Å².